The number of aryl methyl sites for hydroxylation is 1. The summed E-state index contributed by atoms with van der Waals surface area (Å²) in [5, 5.41) is 3.68. The van der Waals surface area contributed by atoms with Crippen LogP contribution in [0.5, 0.6) is 0 Å². The second-order valence-electron chi connectivity index (χ2n) is 8.35. The molecule has 1 saturated heterocycles. The van der Waals surface area contributed by atoms with Crippen molar-refractivity contribution in [1.29, 1.82) is 0 Å². The predicted molar refractivity (Wildman–Crippen MR) is 124 cm³/mol. The van der Waals surface area contributed by atoms with Gasteiger partial charge >= 0.3 is 5.97 Å². The van der Waals surface area contributed by atoms with E-state index in [4.69, 9.17) is 4.74 Å². The molecule has 2 heterocycles. The van der Waals surface area contributed by atoms with Gasteiger partial charge in [-0.15, -0.1) is 11.3 Å². The number of carbonyl (C=O) groups is 2. The molecule has 6 nitrogen and oxygen atoms in total. The summed E-state index contributed by atoms with van der Waals surface area (Å²) < 4.78 is 5.03. The molecule has 0 saturated carbocycles. The molecule has 31 heavy (non-hydrogen) atoms. The lowest BCUT2D eigenvalue weighted by Gasteiger charge is -2.34. The van der Waals surface area contributed by atoms with Gasteiger partial charge < -0.3 is 10.1 Å². The van der Waals surface area contributed by atoms with E-state index in [1.54, 1.807) is 11.3 Å². The van der Waals surface area contributed by atoms with Crippen LogP contribution in [-0.2, 0) is 28.9 Å². The average molecular weight is 442 g/mol. The van der Waals surface area contributed by atoms with Crippen molar-refractivity contribution >= 4 is 28.2 Å². The highest BCUT2D eigenvalue weighted by atomic mass is 32.1. The summed E-state index contributed by atoms with van der Waals surface area (Å²) in [5.41, 5.74) is 2.98. The number of nitrogens with zero attached hydrogens (tertiary/aromatic N) is 2. The molecule has 1 aliphatic heterocycles. The van der Waals surface area contributed by atoms with Crippen LogP contribution in [0.25, 0.3) is 0 Å². The van der Waals surface area contributed by atoms with Gasteiger partial charge in [-0.25, -0.2) is 4.79 Å². The van der Waals surface area contributed by atoms with E-state index in [2.05, 4.69) is 39.4 Å². The van der Waals surface area contributed by atoms with Crippen molar-refractivity contribution < 1.29 is 14.3 Å². The molecule has 7 heteroatoms. The van der Waals surface area contributed by atoms with Gasteiger partial charge in [0.2, 0.25) is 5.91 Å². The Hall–Kier alpha value is -2.22. The fourth-order valence-electron chi connectivity index (χ4n) is 4.47. The molecule has 1 aliphatic carbocycles. The molecule has 1 aromatic carbocycles. The second-order valence-corrected chi connectivity index (χ2v) is 9.45. The number of fused-ring (bicyclic) bond motifs is 1. The highest BCUT2D eigenvalue weighted by Crippen LogP contribution is 2.37. The minimum Gasteiger partial charge on any atom is -0.465 e. The summed E-state index contributed by atoms with van der Waals surface area (Å²) in [7, 11) is 1.41. The molecule has 2 aromatic rings. The van der Waals surface area contributed by atoms with Crippen LogP contribution in [0.2, 0.25) is 0 Å². The minimum atomic E-state index is -0.343. The SMILES string of the molecule is COC(=O)c1c(NC(=O)CN2CCN(Cc3ccccc3)CC2)sc2c1CCCCC2. The maximum absolute atomic E-state index is 12.8. The predicted octanol–water partition coefficient (Wildman–Crippen LogP) is 3.56. The lowest BCUT2D eigenvalue weighted by Crippen LogP contribution is -2.48. The van der Waals surface area contributed by atoms with Gasteiger partial charge in [-0.3, -0.25) is 14.6 Å². The first-order valence-electron chi connectivity index (χ1n) is 11.2. The van der Waals surface area contributed by atoms with E-state index in [0.29, 0.717) is 17.1 Å². The van der Waals surface area contributed by atoms with Gasteiger partial charge in [0.25, 0.3) is 0 Å². The number of ether oxygens (including phenoxy) is 1. The van der Waals surface area contributed by atoms with E-state index in [1.165, 1.54) is 24.0 Å². The molecule has 0 atom stereocenters. The molecule has 0 spiro atoms. The highest BCUT2D eigenvalue weighted by molar-refractivity contribution is 7.17. The van der Waals surface area contributed by atoms with Gasteiger partial charge in [0.15, 0.2) is 0 Å². The van der Waals surface area contributed by atoms with Crippen molar-refractivity contribution in [2.45, 2.75) is 38.6 Å². The van der Waals surface area contributed by atoms with E-state index >= 15 is 0 Å². The van der Waals surface area contributed by atoms with Crippen molar-refractivity contribution in [1.82, 2.24) is 9.80 Å². The maximum atomic E-state index is 12.8. The highest BCUT2D eigenvalue weighted by Gasteiger charge is 2.27. The maximum Gasteiger partial charge on any atom is 0.341 e. The van der Waals surface area contributed by atoms with Crippen molar-refractivity contribution in [2.75, 3.05) is 45.2 Å². The summed E-state index contributed by atoms with van der Waals surface area (Å²) in [6.07, 6.45) is 5.25. The van der Waals surface area contributed by atoms with Gasteiger partial charge in [-0.05, 0) is 36.8 Å². The van der Waals surface area contributed by atoms with Crippen molar-refractivity contribution in [2.24, 2.45) is 0 Å². The molecule has 1 amide bonds. The van der Waals surface area contributed by atoms with Crippen LogP contribution < -0.4 is 5.32 Å². The molecule has 1 N–H and O–H groups in total. The largest absolute Gasteiger partial charge is 0.465 e. The van der Waals surface area contributed by atoms with Crippen molar-refractivity contribution in [3.05, 3.63) is 51.9 Å². The van der Waals surface area contributed by atoms with Gasteiger partial charge in [0.1, 0.15) is 5.00 Å². The summed E-state index contributed by atoms with van der Waals surface area (Å²) >= 11 is 1.55. The third-order valence-electron chi connectivity index (χ3n) is 6.14. The Kier molecular flexibility index (Phi) is 7.37. The Morgan fingerprint density at radius 2 is 1.71 bits per heavy atom. The molecule has 2 aliphatic rings. The Morgan fingerprint density at radius 1 is 1.00 bits per heavy atom. The number of anilines is 1. The number of hydrogen-bond donors (Lipinski definition) is 1. The molecular formula is C24H31N3O3S. The van der Waals surface area contributed by atoms with Gasteiger partial charge in [-0.2, -0.15) is 0 Å². The normalized spacial score (nSPS) is 17.6. The number of carbonyl (C=O) groups excluding carboxylic acids is 2. The van der Waals surface area contributed by atoms with Crippen molar-refractivity contribution in [3.63, 3.8) is 0 Å². The van der Waals surface area contributed by atoms with E-state index < -0.39 is 0 Å². The Morgan fingerprint density at radius 3 is 2.45 bits per heavy atom. The number of benzene rings is 1. The lowest BCUT2D eigenvalue weighted by atomic mass is 10.1. The molecule has 1 aromatic heterocycles. The zero-order chi connectivity index (χ0) is 21.6. The number of methoxy groups -OCH3 is 1. The third kappa shape index (κ3) is 5.53. The number of nitrogens with one attached hydrogen (secondary N) is 1. The summed E-state index contributed by atoms with van der Waals surface area (Å²) in [6, 6.07) is 10.5. The summed E-state index contributed by atoms with van der Waals surface area (Å²) in [6.45, 7) is 4.92. The fraction of sp³-hybridized carbons (Fsp3) is 0.500. The number of piperazine rings is 1. The molecule has 0 bridgehead atoms. The van der Waals surface area contributed by atoms with E-state index in [1.807, 2.05) is 6.07 Å². The minimum absolute atomic E-state index is 0.0573. The monoisotopic (exact) mass is 441 g/mol. The fourth-order valence-corrected chi connectivity index (χ4v) is 5.76. The smallest absolute Gasteiger partial charge is 0.341 e. The van der Waals surface area contributed by atoms with Gasteiger partial charge in [-0.1, -0.05) is 36.8 Å². The molecular weight excluding hydrogens is 410 g/mol. The zero-order valence-electron chi connectivity index (χ0n) is 18.2. The summed E-state index contributed by atoms with van der Waals surface area (Å²) in [4.78, 5) is 31.1. The van der Waals surface area contributed by atoms with Gasteiger partial charge in [0.05, 0.1) is 19.2 Å². The quantitative estimate of drug-likeness (QED) is 0.549. The molecule has 166 valence electrons. The van der Waals surface area contributed by atoms with Crippen LogP contribution >= 0.6 is 11.3 Å². The van der Waals surface area contributed by atoms with E-state index in [0.717, 1.165) is 64.0 Å². The van der Waals surface area contributed by atoms with Crippen LogP contribution in [0.3, 0.4) is 0 Å². The number of amides is 1. The van der Waals surface area contributed by atoms with Crippen molar-refractivity contribution in [3.8, 4) is 0 Å². The number of thiophene rings is 1. The average Bonchev–Trinajstić information content (AvgIpc) is 2.95. The first-order valence-corrected chi connectivity index (χ1v) is 12.0. The molecule has 4 rings (SSSR count). The third-order valence-corrected chi connectivity index (χ3v) is 7.35. The number of rotatable bonds is 6. The van der Waals surface area contributed by atoms with Crippen LogP contribution in [0.4, 0.5) is 5.00 Å². The Bertz CT molecular complexity index is 904. The number of esters is 1. The molecule has 0 radical (unpaired) electrons. The number of hydrogen-bond acceptors (Lipinski definition) is 6. The van der Waals surface area contributed by atoms with E-state index in [9.17, 15) is 9.59 Å². The van der Waals surface area contributed by atoms with Gasteiger partial charge in [0, 0.05) is 37.6 Å². The lowest BCUT2D eigenvalue weighted by molar-refractivity contribution is -0.117. The van der Waals surface area contributed by atoms with Crippen LogP contribution in [-0.4, -0.2) is 61.5 Å². The Balaban J connectivity index is 1.34. The van der Waals surface area contributed by atoms with E-state index in [-0.39, 0.29) is 11.9 Å². The van der Waals surface area contributed by atoms with Crippen LogP contribution in [0, 0.1) is 0 Å². The molecule has 1 fully saturated rings. The first kappa shape index (κ1) is 22.0. The van der Waals surface area contributed by atoms with Crippen LogP contribution in [0.15, 0.2) is 30.3 Å². The Labute approximate surface area is 188 Å². The second kappa shape index (κ2) is 10.4. The zero-order valence-corrected chi connectivity index (χ0v) is 19.0. The summed E-state index contributed by atoms with van der Waals surface area (Å²) in [5.74, 6) is -0.401. The first-order chi connectivity index (χ1) is 15.1. The van der Waals surface area contributed by atoms with Crippen LogP contribution in [0.1, 0.15) is 45.6 Å². The standard InChI is InChI=1S/C24H31N3O3S/c1-30-24(29)22-19-10-6-3-7-11-20(19)31-23(22)25-21(28)17-27-14-12-26(13-15-27)16-18-8-4-2-5-9-18/h2,4-5,8-9H,3,6-7,10-17H2,1H3,(H,25,28). The topological polar surface area (TPSA) is 61.9 Å². The molecule has 0 unspecified atom stereocenters.